The summed E-state index contributed by atoms with van der Waals surface area (Å²) >= 11 is 0. The molecule has 2 saturated heterocycles. The summed E-state index contributed by atoms with van der Waals surface area (Å²) in [5.74, 6) is 1.28. The molecule has 1 amide bonds. The lowest BCUT2D eigenvalue weighted by atomic mass is 9.77. The van der Waals surface area contributed by atoms with E-state index in [0.29, 0.717) is 12.6 Å². The lowest BCUT2D eigenvalue weighted by Gasteiger charge is -2.42. The molecule has 0 bridgehead atoms. The molecule has 4 nitrogen and oxygen atoms in total. The number of carbonyl (C=O) groups is 1. The van der Waals surface area contributed by atoms with Gasteiger partial charge < -0.3 is 15.3 Å². The monoisotopic (exact) mass is 280 g/mol. The molecular formula is C16H28N2O2. The Labute approximate surface area is 121 Å². The number of aliphatic hydroxyl groups excluding tert-OH is 1. The Morgan fingerprint density at radius 3 is 2.75 bits per heavy atom. The van der Waals surface area contributed by atoms with Crippen LogP contribution in [0.25, 0.3) is 0 Å². The molecule has 2 N–H and O–H groups in total. The highest BCUT2D eigenvalue weighted by Crippen LogP contribution is 2.32. The molecule has 20 heavy (non-hydrogen) atoms. The third kappa shape index (κ3) is 2.86. The Balaban J connectivity index is 1.57. The van der Waals surface area contributed by atoms with Crippen LogP contribution in [-0.2, 0) is 4.79 Å². The van der Waals surface area contributed by atoms with Crippen molar-refractivity contribution in [2.75, 3.05) is 13.1 Å². The summed E-state index contributed by atoms with van der Waals surface area (Å²) in [4.78, 5) is 14.6. The van der Waals surface area contributed by atoms with E-state index in [-0.39, 0.29) is 24.0 Å². The molecule has 3 fully saturated rings. The van der Waals surface area contributed by atoms with Crippen LogP contribution in [0.4, 0.5) is 0 Å². The van der Waals surface area contributed by atoms with Gasteiger partial charge in [-0.1, -0.05) is 19.8 Å². The third-order valence-electron chi connectivity index (χ3n) is 5.62. The van der Waals surface area contributed by atoms with Crippen molar-refractivity contribution in [2.45, 2.75) is 70.1 Å². The molecule has 3 aliphatic rings. The minimum absolute atomic E-state index is 0.0248. The molecular weight excluding hydrogens is 252 g/mol. The Morgan fingerprint density at radius 2 is 1.95 bits per heavy atom. The Hall–Kier alpha value is -0.610. The molecule has 0 radical (unpaired) electrons. The number of fused-ring (bicyclic) bond motifs is 1. The predicted octanol–water partition coefficient (Wildman–Crippen LogP) is 1.53. The van der Waals surface area contributed by atoms with Gasteiger partial charge in [-0.25, -0.2) is 0 Å². The first-order valence-electron chi connectivity index (χ1n) is 8.38. The van der Waals surface area contributed by atoms with Crippen LogP contribution in [0.1, 0.15) is 51.9 Å². The first kappa shape index (κ1) is 14.3. The van der Waals surface area contributed by atoms with Crippen molar-refractivity contribution < 1.29 is 9.90 Å². The second-order valence-electron chi connectivity index (χ2n) is 7.07. The highest BCUT2D eigenvalue weighted by Gasteiger charge is 2.37. The summed E-state index contributed by atoms with van der Waals surface area (Å²) in [5, 5.41) is 13.4. The number of hydrogen-bond acceptors (Lipinski definition) is 3. The molecule has 0 aromatic heterocycles. The van der Waals surface area contributed by atoms with Crippen LogP contribution in [0.15, 0.2) is 0 Å². The quantitative estimate of drug-likeness (QED) is 0.766. The van der Waals surface area contributed by atoms with Crippen LogP contribution in [0.2, 0.25) is 0 Å². The average Bonchev–Trinajstić information content (AvgIpc) is 2.49. The minimum atomic E-state index is -0.235. The van der Waals surface area contributed by atoms with Crippen molar-refractivity contribution in [2.24, 2.45) is 11.8 Å². The van der Waals surface area contributed by atoms with Gasteiger partial charge in [-0.3, -0.25) is 4.79 Å². The van der Waals surface area contributed by atoms with Crippen molar-refractivity contribution >= 4 is 5.91 Å². The van der Waals surface area contributed by atoms with Gasteiger partial charge >= 0.3 is 0 Å². The number of nitrogens with one attached hydrogen (secondary N) is 1. The van der Waals surface area contributed by atoms with E-state index in [0.717, 1.165) is 25.3 Å². The molecule has 0 spiro atoms. The lowest BCUT2D eigenvalue weighted by molar-refractivity contribution is -0.138. The van der Waals surface area contributed by atoms with Crippen molar-refractivity contribution in [3.05, 3.63) is 0 Å². The molecule has 2 aliphatic heterocycles. The Kier molecular flexibility index (Phi) is 4.32. The molecule has 2 heterocycles. The topological polar surface area (TPSA) is 52.6 Å². The summed E-state index contributed by atoms with van der Waals surface area (Å²) in [6.45, 7) is 3.47. The zero-order valence-electron chi connectivity index (χ0n) is 12.6. The molecule has 1 saturated carbocycles. The van der Waals surface area contributed by atoms with Gasteiger partial charge in [-0.15, -0.1) is 0 Å². The molecule has 5 atom stereocenters. The third-order valence-corrected chi connectivity index (χ3v) is 5.62. The second kappa shape index (κ2) is 6.02. The van der Waals surface area contributed by atoms with Crippen LogP contribution in [0.5, 0.6) is 0 Å². The SMILES string of the molecule is CC1CN(C(=O)C2CCC3CCCCC3N2)CCC1O. The summed E-state index contributed by atoms with van der Waals surface area (Å²) in [7, 11) is 0. The van der Waals surface area contributed by atoms with Gasteiger partial charge in [0, 0.05) is 19.1 Å². The van der Waals surface area contributed by atoms with Crippen molar-refractivity contribution in [3.63, 3.8) is 0 Å². The predicted molar refractivity (Wildman–Crippen MR) is 78.3 cm³/mol. The molecule has 5 unspecified atom stereocenters. The second-order valence-corrected chi connectivity index (χ2v) is 7.07. The van der Waals surface area contributed by atoms with Crippen LogP contribution >= 0.6 is 0 Å². The van der Waals surface area contributed by atoms with E-state index in [1.54, 1.807) is 0 Å². The maximum Gasteiger partial charge on any atom is 0.239 e. The maximum atomic E-state index is 12.7. The summed E-state index contributed by atoms with van der Waals surface area (Å²) in [6, 6.07) is 0.594. The van der Waals surface area contributed by atoms with Crippen molar-refractivity contribution in [1.29, 1.82) is 0 Å². The van der Waals surface area contributed by atoms with E-state index < -0.39 is 0 Å². The lowest BCUT2D eigenvalue weighted by Crippen LogP contribution is -2.57. The summed E-state index contributed by atoms with van der Waals surface area (Å²) < 4.78 is 0. The van der Waals surface area contributed by atoms with Crippen LogP contribution in [-0.4, -0.2) is 47.2 Å². The molecule has 0 aromatic carbocycles. The average molecular weight is 280 g/mol. The number of amides is 1. The van der Waals surface area contributed by atoms with E-state index >= 15 is 0 Å². The number of carbonyl (C=O) groups excluding carboxylic acids is 1. The first-order chi connectivity index (χ1) is 9.65. The molecule has 4 heteroatoms. The first-order valence-corrected chi connectivity index (χ1v) is 8.38. The van der Waals surface area contributed by atoms with Gasteiger partial charge in [0.2, 0.25) is 5.91 Å². The summed E-state index contributed by atoms with van der Waals surface area (Å²) in [6.07, 6.45) is 7.94. The van der Waals surface area contributed by atoms with Crippen molar-refractivity contribution in [3.8, 4) is 0 Å². The largest absolute Gasteiger partial charge is 0.393 e. The molecule has 1 aliphatic carbocycles. The van der Waals surface area contributed by atoms with Gasteiger partial charge in [0.05, 0.1) is 12.1 Å². The molecule has 0 aromatic rings. The van der Waals surface area contributed by atoms with E-state index in [2.05, 4.69) is 5.32 Å². The van der Waals surface area contributed by atoms with E-state index in [9.17, 15) is 9.90 Å². The minimum Gasteiger partial charge on any atom is -0.393 e. The zero-order chi connectivity index (χ0) is 14.1. The highest BCUT2D eigenvalue weighted by atomic mass is 16.3. The van der Waals surface area contributed by atoms with Crippen molar-refractivity contribution in [1.82, 2.24) is 10.2 Å². The van der Waals surface area contributed by atoms with Gasteiger partial charge in [0.15, 0.2) is 0 Å². The fourth-order valence-corrected chi connectivity index (χ4v) is 4.24. The van der Waals surface area contributed by atoms with Gasteiger partial charge in [-0.2, -0.15) is 0 Å². The standard InChI is InChI=1S/C16H28N2O2/c1-11-10-18(9-8-15(11)19)16(20)14-7-6-12-4-2-3-5-13(12)17-14/h11-15,17,19H,2-10H2,1H3. The molecule has 3 rings (SSSR count). The Bertz CT molecular complexity index is 360. The van der Waals surface area contributed by atoms with Gasteiger partial charge in [-0.05, 0) is 43.9 Å². The number of piperidine rings is 2. The van der Waals surface area contributed by atoms with Gasteiger partial charge in [0.25, 0.3) is 0 Å². The molecule has 114 valence electrons. The van der Waals surface area contributed by atoms with E-state index in [1.807, 2.05) is 11.8 Å². The number of rotatable bonds is 1. The van der Waals surface area contributed by atoms with Gasteiger partial charge in [0.1, 0.15) is 0 Å². The number of aliphatic hydroxyl groups is 1. The maximum absolute atomic E-state index is 12.7. The van der Waals surface area contributed by atoms with E-state index in [4.69, 9.17) is 0 Å². The van der Waals surface area contributed by atoms with Crippen LogP contribution in [0.3, 0.4) is 0 Å². The fraction of sp³-hybridized carbons (Fsp3) is 0.938. The highest BCUT2D eigenvalue weighted by molar-refractivity contribution is 5.82. The van der Waals surface area contributed by atoms with Crippen LogP contribution in [0, 0.1) is 11.8 Å². The zero-order valence-corrected chi connectivity index (χ0v) is 12.6. The Morgan fingerprint density at radius 1 is 1.15 bits per heavy atom. The number of nitrogens with zero attached hydrogens (tertiary/aromatic N) is 1. The smallest absolute Gasteiger partial charge is 0.239 e. The number of likely N-dealkylation sites (tertiary alicyclic amines) is 1. The summed E-state index contributed by atoms with van der Waals surface area (Å²) in [5.41, 5.74) is 0. The fourth-order valence-electron chi connectivity index (χ4n) is 4.24. The van der Waals surface area contributed by atoms with Crippen LogP contribution < -0.4 is 5.32 Å². The normalized spacial score (nSPS) is 42.1. The number of hydrogen-bond donors (Lipinski definition) is 2. The van der Waals surface area contributed by atoms with E-state index in [1.165, 1.54) is 32.1 Å².